The zero-order chi connectivity index (χ0) is 19.4. The lowest BCUT2D eigenvalue weighted by Crippen LogP contribution is -2.48. The highest BCUT2D eigenvalue weighted by atomic mass is 16.5. The van der Waals surface area contributed by atoms with Crippen LogP contribution in [-0.2, 0) is 17.6 Å². The molecule has 1 heterocycles. The quantitative estimate of drug-likeness (QED) is 0.369. The Morgan fingerprint density at radius 3 is 2.81 bits per heavy atom. The minimum Gasteiger partial charge on any atom is -0.495 e. The molecule has 7 nitrogen and oxygen atoms in total. The standard InChI is InChI=1S/C19H21BN2O5/c1-26-17-8-12(6-7-15(17)21)9-19(23)22-18(20(24)25)10-13-11-27-16-5-3-2-4-14(13)16/h2-8,11,18,24-25H,9-10,21H2,1H3,(H,22,23). The molecule has 0 spiro atoms. The van der Waals surface area contributed by atoms with Crippen molar-refractivity contribution in [3.8, 4) is 5.75 Å². The van der Waals surface area contributed by atoms with Gasteiger partial charge in [-0.25, -0.2) is 0 Å². The van der Waals surface area contributed by atoms with Crippen LogP contribution in [0.3, 0.4) is 0 Å². The monoisotopic (exact) mass is 368 g/mol. The van der Waals surface area contributed by atoms with Crippen LogP contribution in [0.4, 0.5) is 5.69 Å². The molecular formula is C19H21BN2O5. The number of nitrogens with one attached hydrogen (secondary N) is 1. The second-order valence-electron chi connectivity index (χ2n) is 6.30. The van der Waals surface area contributed by atoms with Crippen LogP contribution in [0.15, 0.2) is 53.1 Å². The van der Waals surface area contributed by atoms with Crippen molar-refractivity contribution >= 4 is 29.7 Å². The molecule has 1 unspecified atom stereocenters. The summed E-state index contributed by atoms with van der Waals surface area (Å²) >= 11 is 0. The number of carbonyl (C=O) groups excluding carboxylic acids is 1. The first-order chi connectivity index (χ1) is 13.0. The number of nitrogens with two attached hydrogens (primary N) is 1. The predicted molar refractivity (Wildman–Crippen MR) is 103 cm³/mol. The Balaban J connectivity index is 1.70. The first-order valence-corrected chi connectivity index (χ1v) is 8.51. The van der Waals surface area contributed by atoms with E-state index >= 15 is 0 Å². The Morgan fingerprint density at radius 2 is 2.07 bits per heavy atom. The number of benzene rings is 2. The molecule has 0 saturated carbocycles. The highest BCUT2D eigenvalue weighted by Crippen LogP contribution is 2.23. The molecule has 1 atom stereocenters. The average Bonchev–Trinajstić information content (AvgIpc) is 3.05. The van der Waals surface area contributed by atoms with Gasteiger partial charge in [0.1, 0.15) is 11.3 Å². The van der Waals surface area contributed by atoms with Crippen molar-refractivity contribution in [3.05, 3.63) is 59.9 Å². The summed E-state index contributed by atoms with van der Waals surface area (Å²) in [6, 6.07) is 12.5. The van der Waals surface area contributed by atoms with E-state index in [1.807, 2.05) is 24.3 Å². The minimum atomic E-state index is -1.71. The first kappa shape index (κ1) is 18.8. The Kier molecular flexibility index (Phi) is 5.68. The van der Waals surface area contributed by atoms with Gasteiger partial charge in [0.15, 0.2) is 0 Å². The van der Waals surface area contributed by atoms with Crippen LogP contribution < -0.4 is 15.8 Å². The fourth-order valence-corrected chi connectivity index (χ4v) is 2.97. The van der Waals surface area contributed by atoms with E-state index in [2.05, 4.69) is 5.32 Å². The number of hydrogen-bond donors (Lipinski definition) is 4. The highest BCUT2D eigenvalue weighted by Gasteiger charge is 2.27. The molecule has 8 heteroatoms. The Labute approximate surface area is 156 Å². The lowest BCUT2D eigenvalue weighted by atomic mass is 9.75. The smallest absolute Gasteiger partial charge is 0.475 e. The Bertz CT molecular complexity index is 941. The van der Waals surface area contributed by atoms with Crippen LogP contribution in [-0.4, -0.2) is 36.1 Å². The number of hydrogen-bond acceptors (Lipinski definition) is 6. The largest absolute Gasteiger partial charge is 0.495 e. The van der Waals surface area contributed by atoms with Gasteiger partial charge < -0.3 is 30.3 Å². The van der Waals surface area contributed by atoms with E-state index in [4.69, 9.17) is 14.9 Å². The molecule has 0 bridgehead atoms. The molecule has 0 radical (unpaired) electrons. The highest BCUT2D eigenvalue weighted by molar-refractivity contribution is 6.43. The van der Waals surface area contributed by atoms with Crippen molar-refractivity contribution in [3.63, 3.8) is 0 Å². The molecule has 0 saturated heterocycles. The van der Waals surface area contributed by atoms with Gasteiger partial charge in [0.25, 0.3) is 0 Å². The molecule has 140 valence electrons. The number of anilines is 1. The normalized spacial score (nSPS) is 12.0. The Morgan fingerprint density at radius 1 is 1.30 bits per heavy atom. The maximum Gasteiger partial charge on any atom is 0.475 e. The number of rotatable bonds is 7. The number of carbonyl (C=O) groups is 1. The lowest BCUT2D eigenvalue weighted by Gasteiger charge is -2.17. The number of amides is 1. The van der Waals surface area contributed by atoms with E-state index in [0.29, 0.717) is 22.6 Å². The fraction of sp³-hybridized carbons (Fsp3) is 0.211. The maximum absolute atomic E-state index is 12.4. The summed E-state index contributed by atoms with van der Waals surface area (Å²) in [4.78, 5) is 12.4. The number of fused-ring (bicyclic) bond motifs is 1. The molecular weight excluding hydrogens is 347 g/mol. The molecule has 3 rings (SSSR count). The van der Waals surface area contributed by atoms with Gasteiger partial charge in [-0.05, 0) is 35.7 Å². The van der Waals surface area contributed by atoms with Crippen LogP contribution >= 0.6 is 0 Å². The summed E-state index contributed by atoms with van der Waals surface area (Å²) in [6.07, 6.45) is 1.86. The Hall–Kier alpha value is -2.97. The van der Waals surface area contributed by atoms with Crippen LogP contribution in [0.2, 0.25) is 0 Å². The van der Waals surface area contributed by atoms with E-state index in [9.17, 15) is 14.8 Å². The number of para-hydroxylation sites is 1. The zero-order valence-electron chi connectivity index (χ0n) is 14.9. The third-order valence-electron chi connectivity index (χ3n) is 4.37. The second-order valence-corrected chi connectivity index (χ2v) is 6.30. The summed E-state index contributed by atoms with van der Waals surface area (Å²) in [5, 5.41) is 22.9. The van der Waals surface area contributed by atoms with Gasteiger partial charge in [-0.15, -0.1) is 0 Å². The molecule has 27 heavy (non-hydrogen) atoms. The van der Waals surface area contributed by atoms with E-state index in [-0.39, 0.29) is 18.7 Å². The fourth-order valence-electron chi connectivity index (χ4n) is 2.97. The van der Waals surface area contributed by atoms with Crippen molar-refractivity contribution in [1.29, 1.82) is 0 Å². The van der Waals surface area contributed by atoms with E-state index in [1.165, 1.54) is 7.11 Å². The van der Waals surface area contributed by atoms with Crippen LogP contribution in [0.5, 0.6) is 5.75 Å². The van der Waals surface area contributed by atoms with Crippen molar-refractivity contribution < 1.29 is 24.0 Å². The molecule has 0 aliphatic rings. The van der Waals surface area contributed by atoms with Crippen molar-refractivity contribution in [2.24, 2.45) is 0 Å². The van der Waals surface area contributed by atoms with Crippen molar-refractivity contribution in [1.82, 2.24) is 5.32 Å². The minimum absolute atomic E-state index is 0.0615. The third kappa shape index (κ3) is 4.42. The van der Waals surface area contributed by atoms with Crippen molar-refractivity contribution in [2.45, 2.75) is 18.8 Å². The maximum atomic E-state index is 12.4. The molecule has 0 fully saturated rings. The topological polar surface area (TPSA) is 118 Å². The molecule has 3 aromatic rings. The van der Waals surface area contributed by atoms with Gasteiger partial charge in [0.05, 0.1) is 31.4 Å². The van der Waals surface area contributed by atoms with Crippen LogP contribution in [0, 0.1) is 0 Å². The number of ether oxygens (including phenoxy) is 1. The van der Waals surface area contributed by atoms with E-state index < -0.39 is 13.1 Å². The summed E-state index contributed by atoms with van der Waals surface area (Å²) in [5.74, 6) is -0.717. The molecule has 0 aliphatic carbocycles. The number of methoxy groups -OCH3 is 1. The molecule has 5 N–H and O–H groups in total. The van der Waals surface area contributed by atoms with Gasteiger partial charge >= 0.3 is 7.12 Å². The van der Waals surface area contributed by atoms with Crippen LogP contribution in [0.1, 0.15) is 11.1 Å². The molecule has 2 aromatic carbocycles. The summed E-state index contributed by atoms with van der Waals surface area (Å²) in [7, 11) is -0.202. The summed E-state index contributed by atoms with van der Waals surface area (Å²) in [5.41, 5.74) is 8.46. The summed E-state index contributed by atoms with van der Waals surface area (Å²) in [6.45, 7) is 0. The zero-order valence-corrected chi connectivity index (χ0v) is 14.9. The van der Waals surface area contributed by atoms with Gasteiger partial charge in [-0.2, -0.15) is 0 Å². The SMILES string of the molecule is COc1cc(CC(=O)NC(Cc2coc3ccccc23)B(O)O)ccc1N. The van der Waals surface area contributed by atoms with Crippen molar-refractivity contribution in [2.75, 3.05) is 12.8 Å². The average molecular weight is 368 g/mol. The first-order valence-electron chi connectivity index (χ1n) is 8.51. The molecule has 1 aromatic heterocycles. The van der Waals surface area contributed by atoms with Gasteiger partial charge in [0.2, 0.25) is 5.91 Å². The van der Waals surface area contributed by atoms with E-state index in [0.717, 1.165) is 10.9 Å². The van der Waals surface area contributed by atoms with E-state index in [1.54, 1.807) is 24.5 Å². The molecule has 0 aliphatic heterocycles. The predicted octanol–water partition coefficient (Wildman–Crippen LogP) is 1.31. The third-order valence-corrected chi connectivity index (χ3v) is 4.37. The second kappa shape index (κ2) is 8.15. The van der Waals surface area contributed by atoms with Gasteiger partial charge in [-0.3, -0.25) is 4.79 Å². The summed E-state index contributed by atoms with van der Waals surface area (Å²) < 4.78 is 10.6. The van der Waals surface area contributed by atoms with Gasteiger partial charge in [0, 0.05) is 5.39 Å². The van der Waals surface area contributed by atoms with Crippen LogP contribution in [0.25, 0.3) is 11.0 Å². The molecule has 1 amide bonds. The van der Waals surface area contributed by atoms with Gasteiger partial charge in [-0.1, -0.05) is 24.3 Å². The number of furan rings is 1. The number of nitrogen functional groups attached to an aromatic ring is 1. The lowest BCUT2D eigenvalue weighted by molar-refractivity contribution is -0.120.